The van der Waals surface area contributed by atoms with Crippen LogP contribution in [-0.2, 0) is 16.0 Å². The summed E-state index contributed by atoms with van der Waals surface area (Å²) in [6, 6.07) is 19.4. The third-order valence-corrected chi connectivity index (χ3v) is 9.11. The molecular weight excluding hydrogens is 436 g/mol. The summed E-state index contributed by atoms with van der Waals surface area (Å²) in [6.07, 6.45) is 3.61. The van der Waals surface area contributed by atoms with Gasteiger partial charge in [-0.05, 0) is 53.9 Å². The molecule has 3 heterocycles. The van der Waals surface area contributed by atoms with Crippen molar-refractivity contribution >= 4 is 11.8 Å². The van der Waals surface area contributed by atoms with E-state index in [0.717, 1.165) is 32.2 Å². The Kier molecular flexibility index (Phi) is 4.63. The van der Waals surface area contributed by atoms with Gasteiger partial charge in [0.2, 0.25) is 11.8 Å². The van der Waals surface area contributed by atoms with Crippen molar-refractivity contribution in [2.24, 2.45) is 11.8 Å². The summed E-state index contributed by atoms with van der Waals surface area (Å²) < 4.78 is 0. The third-order valence-electron chi connectivity index (χ3n) is 9.11. The van der Waals surface area contributed by atoms with Gasteiger partial charge < -0.3 is 9.80 Å². The minimum absolute atomic E-state index is 0.0346. The van der Waals surface area contributed by atoms with Gasteiger partial charge >= 0.3 is 0 Å². The van der Waals surface area contributed by atoms with Crippen molar-refractivity contribution in [3.05, 3.63) is 70.8 Å². The molecule has 2 aromatic rings. The van der Waals surface area contributed by atoms with Gasteiger partial charge in [0, 0.05) is 31.1 Å². The molecule has 2 amide bonds. The highest BCUT2D eigenvalue weighted by molar-refractivity contribution is 5.87. The molecule has 0 N–H and O–H groups in total. The standard InChI is InChI=1S/C29H30N4O2/c1-17(28(34)32-21(14-30)11-20-12-25(20)32)15-31-16-22-13-26(31)29(35)33(22)27-23-8-4-2-6-18(23)10-19-7-3-5-9-24(19)27/h2-9,17,20-22,25-27H,10-13,15-16H2,1H3/t17-,20+,21-,22-,25?,26-/m0/s1. The summed E-state index contributed by atoms with van der Waals surface area (Å²) in [6.45, 7) is 3.36. The molecule has 2 aromatic carbocycles. The van der Waals surface area contributed by atoms with E-state index in [1.807, 2.05) is 11.8 Å². The van der Waals surface area contributed by atoms with Gasteiger partial charge in [0.05, 0.1) is 18.2 Å². The molecule has 3 aliphatic heterocycles. The molecule has 5 aliphatic rings. The molecule has 6 atom stereocenters. The number of hydrogen-bond acceptors (Lipinski definition) is 4. The van der Waals surface area contributed by atoms with Crippen LogP contribution < -0.4 is 0 Å². The minimum Gasteiger partial charge on any atom is -0.326 e. The molecule has 35 heavy (non-hydrogen) atoms. The van der Waals surface area contributed by atoms with E-state index < -0.39 is 0 Å². The molecule has 178 valence electrons. The van der Waals surface area contributed by atoms with Crippen molar-refractivity contribution < 1.29 is 9.59 Å². The Hall–Kier alpha value is -3.17. The summed E-state index contributed by atoms with van der Waals surface area (Å²) >= 11 is 0. The van der Waals surface area contributed by atoms with Crippen molar-refractivity contribution in [3.63, 3.8) is 0 Å². The summed E-state index contributed by atoms with van der Waals surface area (Å²) in [7, 11) is 0. The zero-order valence-electron chi connectivity index (χ0n) is 20.0. The van der Waals surface area contributed by atoms with Gasteiger partial charge in [0.15, 0.2) is 0 Å². The Bertz CT molecular complexity index is 1220. The molecule has 1 unspecified atom stereocenters. The van der Waals surface area contributed by atoms with Crippen molar-refractivity contribution in [2.75, 3.05) is 13.1 Å². The zero-order chi connectivity index (χ0) is 23.8. The maximum Gasteiger partial charge on any atom is 0.241 e. The van der Waals surface area contributed by atoms with Crippen LogP contribution >= 0.6 is 0 Å². The number of hydrogen-bond donors (Lipinski definition) is 0. The number of nitrogens with zero attached hydrogens (tertiary/aromatic N) is 4. The van der Waals surface area contributed by atoms with Gasteiger partial charge in [-0.1, -0.05) is 55.5 Å². The lowest BCUT2D eigenvalue weighted by Gasteiger charge is -2.42. The molecule has 4 fully saturated rings. The van der Waals surface area contributed by atoms with Crippen LogP contribution in [-0.4, -0.2) is 63.8 Å². The zero-order valence-corrected chi connectivity index (χ0v) is 20.0. The number of piperidine rings is 1. The number of nitriles is 1. The van der Waals surface area contributed by atoms with Crippen LogP contribution in [0.4, 0.5) is 0 Å². The van der Waals surface area contributed by atoms with Crippen molar-refractivity contribution in [3.8, 4) is 6.07 Å². The highest BCUT2D eigenvalue weighted by Crippen LogP contribution is 2.49. The molecular formula is C29H30N4O2. The van der Waals surface area contributed by atoms with Crippen LogP contribution in [0.5, 0.6) is 0 Å². The molecule has 0 spiro atoms. The molecule has 2 bridgehead atoms. The maximum atomic E-state index is 13.8. The minimum atomic E-state index is -0.271. The van der Waals surface area contributed by atoms with E-state index in [2.05, 4.69) is 64.4 Å². The fourth-order valence-corrected chi connectivity index (χ4v) is 7.40. The SMILES string of the molecule is C[C@@H](CN1C[C@@H]2C[C@H]1C(=O)N2C1c2ccccc2Cc2ccccc21)C(=O)N1C2C[C@H]2C[C@H]1C#N. The smallest absolute Gasteiger partial charge is 0.241 e. The molecule has 3 saturated heterocycles. The quantitative estimate of drug-likeness (QED) is 0.695. The Morgan fingerprint density at radius 3 is 2.40 bits per heavy atom. The first-order valence-electron chi connectivity index (χ1n) is 13.0. The van der Waals surface area contributed by atoms with E-state index in [4.69, 9.17) is 0 Å². The highest BCUT2D eigenvalue weighted by Gasteiger charge is 2.56. The van der Waals surface area contributed by atoms with Gasteiger partial charge in [0.25, 0.3) is 0 Å². The number of benzene rings is 2. The molecule has 7 rings (SSSR count). The van der Waals surface area contributed by atoms with E-state index in [9.17, 15) is 14.9 Å². The first-order chi connectivity index (χ1) is 17.0. The molecule has 0 radical (unpaired) electrons. The lowest BCUT2D eigenvalue weighted by molar-refractivity contribution is -0.142. The van der Waals surface area contributed by atoms with Crippen molar-refractivity contribution in [1.82, 2.24) is 14.7 Å². The molecule has 6 nitrogen and oxygen atoms in total. The van der Waals surface area contributed by atoms with Crippen LogP contribution in [0.2, 0.25) is 0 Å². The largest absolute Gasteiger partial charge is 0.326 e. The number of carbonyl (C=O) groups excluding carboxylic acids is 2. The maximum absolute atomic E-state index is 13.8. The van der Waals surface area contributed by atoms with Gasteiger partial charge in [-0.2, -0.15) is 5.26 Å². The van der Waals surface area contributed by atoms with Crippen LogP contribution in [0.3, 0.4) is 0 Å². The lowest BCUT2D eigenvalue weighted by atomic mass is 9.81. The summed E-state index contributed by atoms with van der Waals surface area (Å²) in [5, 5.41) is 9.50. The number of piperazine rings is 1. The number of carbonyl (C=O) groups is 2. The van der Waals surface area contributed by atoms with E-state index in [1.165, 1.54) is 22.3 Å². The Morgan fingerprint density at radius 1 is 1.06 bits per heavy atom. The van der Waals surface area contributed by atoms with Gasteiger partial charge in [-0.3, -0.25) is 14.5 Å². The number of fused-ring (bicyclic) bond motifs is 5. The molecule has 6 heteroatoms. The number of rotatable bonds is 4. The summed E-state index contributed by atoms with van der Waals surface area (Å²) in [4.78, 5) is 33.3. The third kappa shape index (κ3) is 3.11. The predicted molar refractivity (Wildman–Crippen MR) is 130 cm³/mol. The summed E-state index contributed by atoms with van der Waals surface area (Å²) in [5.41, 5.74) is 5.10. The molecule has 1 saturated carbocycles. The summed E-state index contributed by atoms with van der Waals surface area (Å²) in [5.74, 6) is 0.594. The Balaban J connectivity index is 1.11. The molecule has 0 aromatic heterocycles. The average Bonchev–Trinajstić information content (AvgIpc) is 3.19. The number of amides is 2. The van der Waals surface area contributed by atoms with Gasteiger partial charge in [-0.15, -0.1) is 0 Å². The van der Waals surface area contributed by atoms with Crippen LogP contribution in [0.1, 0.15) is 54.5 Å². The predicted octanol–water partition coefficient (Wildman–Crippen LogP) is 3.11. The van der Waals surface area contributed by atoms with E-state index in [0.29, 0.717) is 12.5 Å². The van der Waals surface area contributed by atoms with Crippen LogP contribution in [0.15, 0.2) is 48.5 Å². The normalized spacial score (nSPS) is 31.7. The average molecular weight is 467 g/mol. The fraction of sp³-hybridized carbons (Fsp3) is 0.483. The second-order valence-electron chi connectivity index (χ2n) is 11.2. The Morgan fingerprint density at radius 2 is 1.74 bits per heavy atom. The monoisotopic (exact) mass is 466 g/mol. The van der Waals surface area contributed by atoms with Crippen molar-refractivity contribution in [2.45, 2.75) is 62.8 Å². The topological polar surface area (TPSA) is 67.7 Å². The van der Waals surface area contributed by atoms with Crippen LogP contribution in [0.25, 0.3) is 0 Å². The number of likely N-dealkylation sites (tertiary alicyclic amines) is 3. The second-order valence-corrected chi connectivity index (χ2v) is 11.2. The van der Waals surface area contributed by atoms with E-state index in [-0.39, 0.29) is 47.9 Å². The lowest BCUT2D eigenvalue weighted by Crippen LogP contribution is -2.54. The molecule has 2 aliphatic carbocycles. The van der Waals surface area contributed by atoms with E-state index in [1.54, 1.807) is 0 Å². The van der Waals surface area contributed by atoms with Gasteiger partial charge in [0.1, 0.15) is 6.04 Å². The van der Waals surface area contributed by atoms with Gasteiger partial charge in [-0.25, -0.2) is 0 Å². The Labute approximate surface area is 206 Å². The fourth-order valence-electron chi connectivity index (χ4n) is 7.40. The second kappa shape index (κ2) is 7.66. The van der Waals surface area contributed by atoms with Crippen LogP contribution in [0, 0.1) is 23.2 Å². The van der Waals surface area contributed by atoms with E-state index >= 15 is 0 Å². The highest BCUT2D eigenvalue weighted by atomic mass is 16.2. The first kappa shape index (κ1) is 21.1. The first-order valence-corrected chi connectivity index (χ1v) is 13.0. The van der Waals surface area contributed by atoms with Crippen molar-refractivity contribution in [1.29, 1.82) is 5.26 Å².